The Labute approximate surface area is 161 Å². The number of amides is 1. The van der Waals surface area contributed by atoms with Crippen LogP contribution in [0.15, 0.2) is 48.5 Å². The second-order valence-electron chi connectivity index (χ2n) is 6.28. The number of carbonyl (C=O) groups excluding carboxylic acids is 1. The third-order valence-corrected chi connectivity index (χ3v) is 5.63. The van der Waals surface area contributed by atoms with Crippen molar-refractivity contribution in [1.82, 2.24) is 9.88 Å². The second-order valence-corrected chi connectivity index (χ2v) is 7.75. The van der Waals surface area contributed by atoms with Gasteiger partial charge in [-0.1, -0.05) is 41.1 Å². The molecule has 0 unspecified atom stereocenters. The Balaban J connectivity index is 1.31. The minimum Gasteiger partial charge on any atom is -0.369 e. The molecule has 1 fully saturated rings. The van der Waals surface area contributed by atoms with Gasteiger partial charge in [0.15, 0.2) is 5.13 Å². The lowest BCUT2D eigenvalue weighted by Crippen LogP contribution is -2.48. The van der Waals surface area contributed by atoms with Crippen LogP contribution in [0, 0.1) is 0 Å². The van der Waals surface area contributed by atoms with Crippen molar-refractivity contribution in [3.8, 4) is 0 Å². The molecule has 7 heteroatoms. The smallest absolute Gasteiger partial charge is 0.240 e. The summed E-state index contributed by atoms with van der Waals surface area (Å²) in [4.78, 5) is 21.3. The maximum absolute atomic E-state index is 12.4. The van der Waals surface area contributed by atoms with Gasteiger partial charge < -0.3 is 10.2 Å². The first-order chi connectivity index (χ1) is 12.7. The zero-order valence-corrected chi connectivity index (χ0v) is 15.8. The summed E-state index contributed by atoms with van der Waals surface area (Å²) in [6.45, 7) is 3.99. The molecular weight excluding hydrogens is 368 g/mol. The second kappa shape index (κ2) is 7.61. The van der Waals surface area contributed by atoms with Crippen molar-refractivity contribution in [2.24, 2.45) is 0 Å². The topological polar surface area (TPSA) is 48.5 Å². The molecule has 0 saturated carbocycles. The number of thiazole rings is 1. The van der Waals surface area contributed by atoms with E-state index in [0.29, 0.717) is 16.7 Å². The molecule has 26 heavy (non-hydrogen) atoms. The van der Waals surface area contributed by atoms with Gasteiger partial charge in [0.25, 0.3) is 0 Å². The van der Waals surface area contributed by atoms with Crippen molar-refractivity contribution in [2.75, 3.05) is 42.9 Å². The number of halogens is 1. The van der Waals surface area contributed by atoms with Gasteiger partial charge in [-0.2, -0.15) is 0 Å². The van der Waals surface area contributed by atoms with Gasteiger partial charge in [0, 0.05) is 36.9 Å². The zero-order chi connectivity index (χ0) is 17.9. The molecule has 1 saturated heterocycles. The molecule has 2 aromatic carbocycles. The standard InChI is InChI=1S/C19H19ClN4OS/c20-14-6-7-16-17(12-14)26-19(21-16)22-18(25)13-23-8-10-24(11-9-23)15-4-2-1-3-5-15/h1-7,12H,8-11,13H2,(H,21,22,25). The van der Waals surface area contributed by atoms with Crippen molar-refractivity contribution >= 4 is 49.9 Å². The number of nitrogens with one attached hydrogen (secondary N) is 1. The average Bonchev–Trinajstić information content (AvgIpc) is 3.04. The molecule has 4 rings (SSSR count). The molecule has 0 bridgehead atoms. The maximum atomic E-state index is 12.4. The molecular formula is C19H19ClN4OS. The molecule has 5 nitrogen and oxygen atoms in total. The summed E-state index contributed by atoms with van der Waals surface area (Å²) < 4.78 is 0.976. The number of hydrogen-bond donors (Lipinski definition) is 1. The molecule has 1 aliphatic rings. The first-order valence-corrected chi connectivity index (χ1v) is 9.75. The van der Waals surface area contributed by atoms with Gasteiger partial charge in [0.2, 0.25) is 5.91 Å². The van der Waals surface area contributed by atoms with E-state index < -0.39 is 0 Å². The van der Waals surface area contributed by atoms with Crippen LogP contribution in [0.4, 0.5) is 10.8 Å². The Bertz CT molecular complexity index is 906. The van der Waals surface area contributed by atoms with Gasteiger partial charge >= 0.3 is 0 Å². The lowest BCUT2D eigenvalue weighted by atomic mass is 10.2. The number of rotatable bonds is 4. The van der Waals surface area contributed by atoms with Crippen LogP contribution < -0.4 is 10.2 Å². The monoisotopic (exact) mass is 386 g/mol. The van der Waals surface area contributed by atoms with Crippen LogP contribution in [0.1, 0.15) is 0 Å². The number of fused-ring (bicyclic) bond motifs is 1. The van der Waals surface area contributed by atoms with Crippen molar-refractivity contribution < 1.29 is 4.79 Å². The molecule has 1 aliphatic heterocycles. The van der Waals surface area contributed by atoms with Crippen LogP contribution in [0.25, 0.3) is 10.2 Å². The SMILES string of the molecule is O=C(CN1CCN(c2ccccc2)CC1)Nc1nc2ccc(Cl)cc2s1. The number of carbonyl (C=O) groups is 1. The van der Waals surface area contributed by atoms with Crippen molar-refractivity contribution in [3.63, 3.8) is 0 Å². The zero-order valence-electron chi connectivity index (χ0n) is 14.2. The van der Waals surface area contributed by atoms with Crippen molar-refractivity contribution in [3.05, 3.63) is 53.6 Å². The first-order valence-electron chi connectivity index (χ1n) is 8.56. The van der Waals surface area contributed by atoms with Gasteiger partial charge in [-0.15, -0.1) is 0 Å². The predicted octanol–water partition coefficient (Wildman–Crippen LogP) is 3.71. The van der Waals surface area contributed by atoms with Gasteiger partial charge in [-0.3, -0.25) is 9.69 Å². The first kappa shape index (κ1) is 17.3. The molecule has 0 atom stereocenters. The quantitative estimate of drug-likeness (QED) is 0.742. The highest BCUT2D eigenvalue weighted by atomic mass is 35.5. The highest BCUT2D eigenvalue weighted by Crippen LogP contribution is 2.28. The summed E-state index contributed by atoms with van der Waals surface area (Å²) in [6, 6.07) is 15.9. The van der Waals surface area contributed by atoms with Gasteiger partial charge in [-0.25, -0.2) is 4.98 Å². The van der Waals surface area contributed by atoms with Crippen molar-refractivity contribution in [2.45, 2.75) is 0 Å². The number of nitrogens with zero attached hydrogens (tertiary/aromatic N) is 3. The fraction of sp³-hybridized carbons (Fsp3) is 0.263. The fourth-order valence-electron chi connectivity index (χ4n) is 3.12. The Kier molecular flexibility index (Phi) is 5.06. The number of piperazine rings is 1. The summed E-state index contributed by atoms with van der Waals surface area (Å²) in [5.74, 6) is -0.0247. The maximum Gasteiger partial charge on any atom is 0.240 e. The molecule has 134 valence electrons. The summed E-state index contributed by atoms with van der Waals surface area (Å²) in [5.41, 5.74) is 2.09. The predicted molar refractivity (Wildman–Crippen MR) is 108 cm³/mol. The molecule has 0 spiro atoms. The largest absolute Gasteiger partial charge is 0.369 e. The number of aromatic nitrogens is 1. The van der Waals surface area contributed by atoms with Crippen LogP contribution in [0.5, 0.6) is 0 Å². The van der Waals surface area contributed by atoms with Gasteiger partial charge in [0.05, 0.1) is 16.8 Å². The van der Waals surface area contributed by atoms with Crippen molar-refractivity contribution in [1.29, 1.82) is 0 Å². The van der Waals surface area contributed by atoms with Gasteiger partial charge in [-0.05, 0) is 30.3 Å². The Morgan fingerprint density at radius 1 is 1.12 bits per heavy atom. The summed E-state index contributed by atoms with van der Waals surface area (Å²) in [5, 5.41) is 4.21. The van der Waals surface area contributed by atoms with E-state index in [1.807, 2.05) is 18.2 Å². The molecule has 0 radical (unpaired) electrons. The third-order valence-electron chi connectivity index (χ3n) is 4.46. The van der Waals surface area contributed by atoms with E-state index in [4.69, 9.17) is 11.6 Å². The highest BCUT2D eigenvalue weighted by Gasteiger charge is 2.19. The van der Waals surface area contributed by atoms with Crippen LogP contribution in [0.2, 0.25) is 5.02 Å². The third kappa shape index (κ3) is 3.98. The van der Waals surface area contributed by atoms with Crippen LogP contribution in [-0.4, -0.2) is 48.5 Å². The summed E-state index contributed by atoms with van der Waals surface area (Å²) in [7, 11) is 0. The van der Waals surface area contributed by atoms with Crippen LogP contribution in [-0.2, 0) is 4.79 Å². The Morgan fingerprint density at radius 2 is 1.88 bits per heavy atom. The molecule has 1 N–H and O–H groups in total. The fourth-order valence-corrected chi connectivity index (χ4v) is 4.27. The van der Waals surface area contributed by atoms with Crippen LogP contribution in [0.3, 0.4) is 0 Å². The summed E-state index contributed by atoms with van der Waals surface area (Å²) >= 11 is 7.44. The Morgan fingerprint density at radius 3 is 2.65 bits per heavy atom. The molecule has 2 heterocycles. The van der Waals surface area contributed by atoms with E-state index in [1.54, 1.807) is 6.07 Å². The van der Waals surface area contributed by atoms with E-state index in [9.17, 15) is 4.79 Å². The lowest BCUT2D eigenvalue weighted by molar-refractivity contribution is -0.117. The van der Waals surface area contributed by atoms with E-state index in [-0.39, 0.29) is 5.91 Å². The molecule has 3 aromatic rings. The molecule has 1 amide bonds. The number of benzene rings is 2. The minimum atomic E-state index is -0.0247. The normalized spacial score (nSPS) is 15.3. The molecule has 1 aromatic heterocycles. The Hall–Kier alpha value is -2.15. The average molecular weight is 387 g/mol. The van der Waals surface area contributed by atoms with Gasteiger partial charge in [0.1, 0.15) is 0 Å². The number of anilines is 2. The number of hydrogen-bond acceptors (Lipinski definition) is 5. The summed E-state index contributed by atoms with van der Waals surface area (Å²) in [6.07, 6.45) is 0. The van der Waals surface area contributed by atoms with E-state index in [2.05, 4.69) is 44.4 Å². The van der Waals surface area contributed by atoms with E-state index in [1.165, 1.54) is 17.0 Å². The minimum absolute atomic E-state index is 0.0247. The van der Waals surface area contributed by atoms with E-state index in [0.717, 1.165) is 36.4 Å². The number of para-hydroxylation sites is 1. The lowest BCUT2D eigenvalue weighted by Gasteiger charge is -2.35. The van der Waals surface area contributed by atoms with E-state index >= 15 is 0 Å². The molecule has 0 aliphatic carbocycles. The van der Waals surface area contributed by atoms with Crippen LogP contribution >= 0.6 is 22.9 Å². The highest BCUT2D eigenvalue weighted by molar-refractivity contribution is 7.22.